The summed E-state index contributed by atoms with van der Waals surface area (Å²) in [6, 6.07) is 24.5. The molecule has 4 aromatic heterocycles. The minimum atomic E-state index is 0.510. The molecule has 0 atom stereocenters. The number of pyridine rings is 2. The molecule has 0 fully saturated rings. The average molecular weight is 429 g/mol. The van der Waals surface area contributed by atoms with E-state index < -0.39 is 0 Å². The van der Waals surface area contributed by atoms with Crippen molar-refractivity contribution in [2.45, 2.75) is 6.54 Å². The van der Waals surface area contributed by atoms with Gasteiger partial charge in [-0.15, -0.1) is 10.2 Å². The molecule has 6 rings (SSSR count). The first-order valence-corrected chi connectivity index (χ1v) is 10.6. The number of aromatic nitrogens is 6. The van der Waals surface area contributed by atoms with Gasteiger partial charge in [-0.05, 0) is 29.3 Å². The first kappa shape index (κ1) is 19.2. The van der Waals surface area contributed by atoms with E-state index in [-0.39, 0.29) is 0 Å². The minimum Gasteiger partial charge on any atom is -0.326 e. The van der Waals surface area contributed by atoms with E-state index in [1.165, 1.54) is 6.33 Å². The lowest BCUT2D eigenvalue weighted by molar-refractivity contribution is 1.07. The van der Waals surface area contributed by atoms with Gasteiger partial charge in [0, 0.05) is 35.5 Å². The van der Waals surface area contributed by atoms with Crippen molar-refractivity contribution in [3.05, 3.63) is 97.1 Å². The Bertz CT molecular complexity index is 1570. The molecule has 0 radical (unpaired) electrons. The Labute approximate surface area is 189 Å². The topological polar surface area (TPSA) is 94.9 Å². The van der Waals surface area contributed by atoms with E-state index in [0.717, 1.165) is 44.5 Å². The lowest BCUT2D eigenvalue weighted by Crippen LogP contribution is -1.97. The summed E-state index contributed by atoms with van der Waals surface area (Å²) >= 11 is 0. The van der Waals surface area contributed by atoms with Crippen LogP contribution in [0.15, 0.2) is 91.5 Å². The Balaban J connectivity index is 1.62. The monoisotopic (exact) mass is 429 g/mol. The first-order valence-electron chi connectivity index (χ1n) is 10.6. The first-order chi connectivity index (χ1) is 16.3. The fourth-order valence-electron chi connectivity index (χ4n) is 4.05. The van der Waals surface area contributed by atoms with E-state index in [1.807, 2.05) is 53.1 Å². The molecule has 0 unspecified atom stereocenters. The second-order valence-electron chi connectivity index (χ2n) is 7.71. The minimum absolute atomic E-state index is 0.510. The van der Waals surface area contributed by atoms with Crippen LogP contribution < -0.4 is 5.73 Å². The molecule has 4 heterocycles. The SMILES string of the molecule is NCc1ccc(-c2nc3ccn4c(-c5ccncn5)nnc4c3cc2-c2ccccc2)cc1. The smallest absolute Gasteiger partial charge is 0.187 e. The summed E-state index contributed by atoms with van der Waals surface area (Å²) in [6.45, 7) is 0.510. The second-order valence-corrected chi connectivity index (χ2v) is 7.71. The molecule has 2 N–H and O–H groups in total. The van der Waals surface area contributed by atoms with Gasteiger partial charge in [0.25, 0.3) is 0 Å². The van der Waals surface area contributed by atoms with Crippen molar-refractivity contribution in [3.8, 4) is 33.9 Å². The maximum Gasteiger partial charge on any atom is 0.187 e. The summed E-state index contributed by atoms with van der Waals surface area (Å²) in [6.07, 6.45) is 5.14. The molecule has 7 nitrogen and oxygen atoms in total. The Morgan fingerprint density at radius 2 is 1.70 bits per heavy atom. The molecule has 0 bridgehead atoms. The van der Waals surface area contributed by atoms with Gasteiger partial charge in [0.15, 0.2) is 11.5 Å². The van der Waals surface area contributed by atoms with Crippen LogP contribution in [-0.4, -0.2) is 29.5 Å². The predicted octanol–water partition coefficient (Wildman–Crippen LogP) is 4.53. The van der Waals surface area contributed by atoms with Crippen LogP contribution in [-0.2, 0) is 6.54 Å². The molecule has 7 heteroatoms. The maximum atomic E-state index is 5.79. The highest BCUT2D eigenvalue weighted by atomic mass is 15.3. The van der Waals surface area contributed by atoms with Gasteiger partial charge in [-0.2, -0.15) is 0 Å². The van der Waals surface area contributed by atoms with E-state index in [9.17, 15) is 0 Å². The number of nitrogens with two attached hydrogens (primary N) is 1. The third-order valence-corrected chi connectivity index (χ3v) is 5.73. The van der Waals surface area contributed by atoms with Gasteiger partial charge < -0.3 is 5.73 Å². The van der Waals surface area contributed by atoms with Crippen LogP contribution in [0.25, 0.3) is 50.5 Å². The number of nitrogens with zero attached hydrogens (tertiary/aromatic N) is 6. The van der Waals surface area contributed by atoms with Crippen LogP contribution in [0.3, 0.4) is 0 Å². The highest BCUT2D eigenvalue weighted by Crippen LogP contribution is 2.35. The molecule has 6 aromatic rings. The van der Waals surface area contributed by atoms with Crippen LogP contribution in [0.5, 0.6) is 0 Å². The Morgan fingerprint density at radius 3 is 2.45 bits per heavy atom. The van der Waals surface area contributed by atoms with E-state index >= 15 is 0 Å². The van der Waals surface area contributed by atoms with Crippen molar-refractivity contribution >= 4 is 16.6 Å². The molecule has 33 heavy (non-hydrogen) atoms. The van der Waals surface area contributed by atoms with Crippen molar-refractivity contribution in [2.24, 2.45) is 5.73 Å². The van der Waals surface area contributed by atoms with Crippen molar-refractivity contribution in [1.29, 1.82) is 0 Å². The largest absolute Gasteiger partial charge is 0.326 e. The number of benzene rings is 2. The standard InChI is InChI=1S/C26H19N7/c27-15-17-6-8-19(9-7-17)24-20(18-4-2-1-3-5-18)14-21-22(30-24)11-13-33-25(21)31-32-26(33)23-10-12-28-16-29-23/h1-14,16H,15,27H2. The quantitative estimate of drug-likeness (QED) is 0.442. The molecular formula is C26H19N7. The molecule has 2 aromatic carbocycles. The molecule has 0 aliphatic heterocycles. The van der Waals surface area contributed by atoms with E-state index in [2.05, 4.69) is 50.5 Å². The van der Waals surface area contributed by atoms with Gasteiger partial charge in [-0.3, -0.25) is 4.40 Å². The Morgan fingerprint density at radius 1 is 0.848 bits per heavy atom. The summed E-state index contributed by atoms with van der Waals surface area (Å²) < 4.78 is 1.94. The molecule has 0 saturated heterocycles. The van der Waals surface area contributed by atoms with Gasteiger partial charge in [0.2, 0.25) is 0 Å². The van der Waals surface area contributed by atoms with Crippen LogP contribution in [0.1, 0.15) is 5.56 Å². The zero-order chi connectivity index (χ0) is 22.2. The lowest BCUT2D eigenvalue weighted by Gasteiger charge is -2.12. The zero-order valence-corrected chi connectivity index (χ0v) is 17.6. The normalized spacial score (nSPS) is 11.3. The van der Waals surface area contributed by atoms with E-state index in [0.29, 0.717) is 18.1 Å². The highest BCUT2D eigenvalue weighted by molar-refractivity contribution is 5.98. The maximum absolute atomic E-state index is 5.79. The molecule has 0 aliphatic carbocycles. The number of hydrogen-bond acceptors (Lipinski definition) is 6. The lowest BCUT2D eigenvalue weighted by atomic mass is 9.97. The van der Waals surface area contributed by atoms with Crippen LogP contribution >= 0.6 is 0 Å². The van der Waals surface area contributed by atoms with Crippen LogP contribution in [0.4, 0.5) is 0 Å². The predicted molar refractivity (Wildman–Crippen MR) is 128 cm³/mol. The molecule has 0 aliphatic rings. The van der Waals surface area contributed by atoms with E-state index in [1.54, 1.807) is 6.20 Å². The second kappa shape index (κ2) is 7.89. The molecule has 158 valence electrons. The van der Waals surface area contributed by atoms with Gasteiger partial charge in [0.1, 0.15) is 12.0 Å². The fraction of sp³-hybridized carbons (Fsp3) is 0.0385. The molecule has 0 spiro atoms. The van der Waals surface area contributed by atoms with Crippen molar-refractivity contribution in [2.75, 3.05) is 0 Å². The van der Waals surface area contributed by atoms with Gasteiger partial charge in [0.05, 0.1) is 11.2 Å². The third-order valence-electron chi connectivity index (χ3n) is 5.73. The van der Waals surface area contributed by atoms with Crippen LogP contribution in [0, 0.1) is 0 Å². The Kier molecular flexibility index (Phi) is 4.59. The average Bonchev–Trinajstić information content (AvgIpc) is 3.34. The molecule has 0 amide bonds. The van der Waals surface area contributed by atoms with E-state index in [4.69, 9.17) is 10.7 Å². The number of rotatable bonds is 4. The number of fused-ring (bicyclic) bond motifs is 3. The summed E-state index contributed by atoms with van der Waals surface area (Å²) in [7, 11) is 0. The fourth-order valence-corrected chi connectivity index (χ4v) is 4.05. The van der Waals surface area contributed by atoms with Gasteiger partial charge in [-0.25, -0.2) is 15.0 Å². The van der Waals surface area contributed by atoms with Gasteiger partial charge >= 0.3 is 0 Å². The molecular weight excluding hydrogens is 410 g/mol. The highest BCUT2D eigenvalue weighted by Gasteiger charge is 2.16. The summed E-state index contributed by atoms with van der Waals surface area (Å²) in [5.74, 6) is 0.664. The van der Waals surface area contributed by atoms with Crippen molar-refractivity contribution < 1.29 is 0 Å². The van der Waals surface area contributed by atoms with Crippen molar-refractivity contribution in [1.82, 2.24) is 29.5 Å². The summed E-state index contributed by atoms with van der Waals surface area (Å²) in [5, 5.41) is 9.81. The van der Waals surface area contributed by atoms with Crippen LogP contribution in [0.2, 0.25) is 0 Å². The number of hydrogen-bond donors (Lipinski definition) is 1. The zero-order valence-electron chi connectivity index (χ0n) is 17.6. The van der Waals surface area contributed by atoms with Gasteiger partial charge in [-0.1, -0.05) is 54.6 Å². The Hall–Kier alpha value is -4.49. The summed E-state index contributed by atoms with van der Waals surface area (Å²) in [4.78, 5) is 13.4. The summed E-state index contributed by atoms with van der Waals surface area (Å²) in [5.41, 5.74) is 13.2. The van der Waals surface area contributed by atoms with Crippen molar-refractivity contribution in [3.63, 3.8) is 0 Å². The molecule has 0 saturated carbocycles. The third kappa shape index (κ3) is 3.31.